The molecule has 0 fully saturated rings. The molecule has 0 aliphatic carbocycles. The first-order chi connectivity index (χ1) is 8.97. The number of benzene rings is 2. The molecule has 0 radical (unpaired) electrons. The largest absolute Gasteiger partial charge is 0.488 e. The fourth-order valence-corrected chi connectivity index (χ4v) is 1.59. The van der Waals surface area contributed by atoms with Crippen LogP contribution in [0, 0.1) is 5.82 Å². The Kier molecular flexibility index (Phi) is 3.74. The van der Waals surface area contributed by atoms with Crippen LogP contribution in [0.15, 0.2) is 48.5 Å². The Hall–Kier alpha value is -2.04. The molecule has 1 nitrogen and oxygen atoms in total. The number of alkyl halides is 3. The molecule has 100 valence electrons. The molecule has 0 bridgehead atoms. The molecule has 0 heterocycles. The van der Waals surface area contributed by atoms with E-state index in [-0.39, 0.29) is 6.61 Å². The molecular weight excluding hydrogens is 260 g/mol. The highest BCUT2D eigenvalue weighted by Gasteiger charge is 2.34. The summed E-state index contributed by atoms with van der Waals surface area (Å²) in [6, 6.07) is 10.9. The van der Waals surface area contributed by atoms with Crippen molar-refractivity contribution in [3.05, 3.63) is 65.5 Å². The molecule has 2 aromatic carbocycles. The SMILES string of the molecule is Fc1ccc(C(F)(F)F)c(OCc2ccccc2)c1. The second-order valence-corrected chi connectivity index (χ2v) is 3.91. The first-order valence-electron chi connectivity index (χ1n) is 5.50. The van der Waals surface area contributed by atoms with Gasteiger partial charge in [0, 0.05) is 6.07 Å². The summed E-state index contributed by atoms with van der Waals surface area (Å²) in [5.41, 5.74) is -0.273. The third-order valence-corrected chi connectivity index (χ3v) is 2.49. The molecule has 0 unspecified atom stereocenters. The third kappa shape index (κ3) is 3.47. The van der Waals surface area contributed by atoms with Gasteiger partial charge in [0.25, 0.3) is 0 Å². The van der Waals surface area contributed by atoms with Gasteiger partial charge in [-0.25, -0.2) is 4.39 Å². The summed E-state index contributed by atoms with van der Waals surface area (Å²) in [5, 5.41) is 0. The minimum absolute atomic E-state index is 0.0482. The maximum Gasteiger partial charge on any atom is 0.419 e. The van der Waals surface area contributed by atoms with Crippen LogP contribution < -0.4 is 4.74 Å². The zero-order chi connectivity index (χ0) is 13.9. The zero-order valence-corrected chi connectivity index (χ0v) is 9.75. The van der Waals surface area contributed by atoms with Crippen LogP contribution in [0.3, 0.4) is 0 Å². The number of hydrogen-bond donors (Lipinski definition) is 0. The monoisotopic (exact) mass is 270 g/mol. The van der Waals surface area contributed by atoms with E-state index in [0.29, 0.717) is 11.6 Å². The number of rotatable bonds is 3. The lowest BCUT2D eigenvalue weighted by atomic mass is 10.2. The van der Waals surface area contributed by atoms with Crippen LogP contribution in [-0.4, -0.2) is 0 Å². The van der Waals surface area contributed by atoms with E-state index in [1.807, 2.05) is 0 Å². The van der Waals surface area contributed by atoms with Gasteiger partial charge in [0.1, 0.15) is 18.2 Å². The van der Waals surface area contributed by atoms with Crippen molar-refractivity contribution in [2.45, 2.75) is 12.8 Å². The summed E-state index contributed by atoms with van der Waals surface area (Å²) in [6.07, 6.45) is -4.57. The van der Waals surface area contributed by atoms with Crippen LogP contribution >= 0.6 is 0 Å². The molecule has 0 saturated heterocycles. The van der Waals surface area contributed by atoms with Crippen LogP contribution in [0.4, 0.5) is 17.6 Å². The van der Waals surface area contributed by atoms with Crippen molar-refractivity contribution < 1.29 is 22.3 Å². The van der Waals surface area contributed by atoms with Crippen molar-refractivity contribution in [2.24, 2.45) is 0 Å². The van der Waals surface area contributed by atoms with Crippen molar-refractivity contribution in [2.75, 3.05) is 0 Å². The smallest absolute Gasteiger partial charge is 0.419 e. The van der Waals surface area contributed by atoms with Crippen molar-refractivity contribution in [3.8, 4) is 5.75 Å². The van der Waals surface area contributed by atoms with Gasteiger partial charge in [-0.2, -0.15) is 13.2 Å². The summed E-state index contributed by atoms with van der Waals surface area (Å²) < 4.78 is 56.2. The predicted molar refractivity (Wildman–Crippen MR) is 62.2 cm³/mol. The van der Waals surface area contributed by atoms with Crippen LogP contribution in [0.5, 0.6) is 5.75 Å². The van der Waals surface area contributed by atoms with Crippen molar-refractivity contribution in [3.63, 3.8) is 0 Å². The van der Waals surface area contributed by atoms with E-state index < -0.39 is 23.3 Å². The van der Waals surface area contributed by atoms with Gasteiger partial charge in [-0.3, -0.25) is 0 Å². The average Bonchev–Trinajstić information content (AvgIpc) is 2.36. The van der Waals surface area contributed by atoms with Gasteiger partial charge in [-0.1, -0.05) is 30.3 Å². The lowest BCUT2D eigenvalue weighted by Gasteiger charge is -2.14. The van der Waals surface area contributed by atoms with Crippen molar-refractivity contribution in [1.82, 2.24) is 0 Å². The van der Waals surface area contributed by atoms with E-state index in [9.17, 15) is 17.6 Å². The van der Waals surface area contributed by atoms with Gasteiger partial charge in [0.2, 0.25) is 0 Å². The van der Waals surface area contributed by atoms with Crippen molar-refractivity contribution >= 4 is 0 Å². The number of hydrogen-bond acceptors (Lipinski definition) is 1. The first-order valence-corrected chi connectivity index (χ1v) is 5.50. The minimum Gasteiger partial charge on any atom is -0.488 e. The summed E-state index contributed by atoms with van der Waals surface area (Å²) in [4.78, 5) is 0. The molecule has 19 heavy (non-hydrogen) atoms. The second-order valence-electron chi connectivity index (χ2n) is 3.91. The second kappa shape index (κ2) is 5.30. The fraction of sp³-hybridized carbons (Fsp3) is 0.143. The highest BCUT2D eigenvalue weighted by atomic mass is 19.4. The topological polar surface area (TPSA) is 9.23 Å². The summed E-state index contributed by atoms with van der Waals surface area (Å²) >= 11 is 0. The van der Waals surface area contributed by atoms with E-state index in [0.717, 1.165) is 12.1 Å². The van der Waals surface area contributed by atoms with E-state index in [1.54, 1.807) is 30.3 Å². The molecule has 2 rings (SSSR count). The molecule has 0 spiro atoms. The maximum atomic E-state index is 13.0. The van der Waals surface area contributed by atoms with Gasteiger partial charge in [0.05, 0.1) is 5.56 Å². The van der Waals surface area contributed by atoms with Gasteiger partial charge in [-0.15, -0.1) is 0 Å². The van der Waals surface area contributed by atoms with Crippen LogP contribution in [0.2, 0.25) is 0 Å². The van der Waals surface area contributed by atoms with Crippen LogP contribution in [0.1, 0.15) is 11.1 Å². The lowest BCUT2D eigenvalue weighted by Crippen LogP contribution is -2.09. The normalized spacial score (nSPS) is 11.4. The Morgan fingerprint density at radius 3 is 2.26 bits per heavy atom. The third-order valence-electron chi connectivity index (χ3n) is 2.49. The quantitative estimate of drug-likeness (QED) is 0.750. The molecular formula is C14H10F4O. The van der Waals surface area contributed by atoms with Gasteiger partial charge >= 0.3 is 6.18 Å². The number of ether oxygens (including phenoxy) is 1. The number of halogens is 4. The molecule has 2 aromatic rings. The van der Waals surface area contributed by atoms with Crippen LogP contribution in [0.25, 0.3) is 0 Å². The molecule has 0 amide bonds. The summed E-state index contributed by atoms with van der Waals surface area (Å²) in [6.45, 7) is -0.0482. The Balaban J connectivity index is 2.22. The molecule has 0 aliphatic heterocycles. The molecule has 0 aromatic heterocycles. The standard InChI is InChI=1S/C14H10F4O/c15-11-6-7-12(14(16,17)18)13(8-11)19-9-10-4-2-1-3-5-10/h1-8H,9H2. The van der Waals surface area contributed by atoms with E-state index >= 15 is 0 Å². The Labute approximate surface area is 107 Å². The van der Waals surface area contributed by atoms with E-state index in [2.05, 4.69) is 0 Å². The summed E-state index contributed by atoms with van der Waals surface area (Å²) in [5.74, 6) is -1.27. The van der Waals surface area contributed by atoms with E-state index in [1.165, 1.54) is 0 Å². The first kappa shape index (κ1) is 13.4. The van der Waals surface area contributed by atoms with Gasteiger partial charge in [0.15, 0.2) is 0 Å². The molecule has 0 N–H and O–H groups in total. The fourth-order valence-electron chi connectivity index (χ4n) is 1.59. The molecule has 5 heteroatoms. The van der Waals surface area contributed by atoms with Gasteiger partial charge < -0.3 is 4.74 Å². The molecule has 0 aliphatic rings. The highest BCUT2D eigenvalue weighted by molar-refractivity contribution is 5.36. The molecule has 0 saturated carbocycles. The highest BCUT2D eigenvalue weighted by Crippen LogP contribution is 2.36. The Bertz CT molecular complexity index is 549. The van der Waals surface area contributed by atoms with E-state index in [4.69, 9.17) is 4.74 Å². The molecule has 0 atom stereocenters. The maximum absolute atomic E-state index is 13.0. The Morgan fingerprint density at radius 1 is 0.947 bits per heavy atom. The van der Waals surface area contributed by atoms with Crippen LogP contribution in [-0.2, 0) is 12.8 Å². The van der Waals surface area contributed by atoms with Gasteiger partial charge in [-0.05, 0) is 17.7 Å². The predicted octanol–water partition coefficient (Wildman–Crippen LogP) is 4.42. The lowest BCUT2D eigenvalue weighted by molar-refractivity contribution is -0.139. The summed E-state index contributed by atoms with van der Waals surface area (Å²) in [7, 11) is 0. The zero-order valence-electron chi connectivity index (χ0n) is 9.75. The van der Waals surface area contributed by atoms with Crippen molar-refractivity contribution in [1.29, 1.82) is 0 Å². The average molecular weight is 270 g/mol. The Morgan fingerprint density at radius 2 is 1.63 bits per heavy atom. The minimum atomic E-state index is -4.57.